The van der Waals surface area contributed by atoms with Gasteiger partial charge in [0, 0.05) is 22.8 Å². The van der Waals surface area contributed by atoms with E-state index in [1.807, 2.05) is 13.8 Å². The second kappa shape index (κ2) is 6.39. The number of aryl methyl sites for hydroxylation is 2. The highest BCUT2D eigenvalue weighted by molar-refractivity contribution is 8.13. The minimum atomic E-state index is -3.75. The van der Waals surface area contributed by atoms with Crippen molar-refractivity contribution in [3.05, 3.63) is 23.3 Å². The first-order chi connectivity index (χ1) is 8.79. The minimum Gasteiger partial charge on any atom is -0.326 e. The van der Waals surface area contributed by atoms with Crippen LogP contribution in [0.2, 0.25) is 0 Å². The van der Waals surface area contributed by atoms with E-state index >= 15 is 0 Å². The molecule has 0 aromatic heterocycles. The van der Waals surface area contributed by atoms with Crippen molar-refractivity contribution in [3.8, 4) is 0 Å². The lowest BCUT2D eigenvalue weighted by Crippen LogP contribution is -2.14. The van der Waals surface area contributed by atoms with Crippen LogP contribution in [0.25, 0.3) is 0 Å². The number of carbonyl (C=O) groups excluding carboxylic acids is 1. The van der Waals surface area contributed by atoms with Crippen molar-refractivity contribution in [1.29, 1.82) is 0 Å². The smallest absolute Gasteiger partial charge is 0.261 e. The molecule has 1 aromatic carbocycles. The number of halogens is 1. The molecule has 0 radical (unpaired) electrons. The average molecular weight is 304 g/mol. The van der Waals surface area contributed by atoms with Crippen molar-refractivity contribution in [2.75, 3.05) is 5.32 Å². The highest BCUT2D eigenvalue weighted by atomic mass is 35.7. The van der Waals surface area contributed by atoms with Gasteiger partial charge in [-0.05, 0) is 43.0 Å². The maximum atomic E-state index is 11.7. The predicted molar refractivity (Wildman–Crippen MR) is 77.1 cm³/mol. The Morgan fingerprint density at radius 3 is 2.42 bits per heavy atom. The van der Waals surface area contributed by atoms with E-state index in [4.69, 9.17) is 10.7 Å². The van der Waals surface area contributed by atoms with Crippen LogP contribution in [0, 0.1) is 6.92 Å². The number of nitrogens with one attached hydrogen (secondary N) is 1. The fourth-order valence-electron chi connectivity index (χ4n) is 1.85. The Kier molecular flexibility index (Phi) is 5.38. The third-order valence-electron chi connectivity index (χ3n) is 2.79. The van der Waals surface area contributed by atoms with Crippen LogP contribution < -0.4 is 5.32 Å². The summed E-state index contributed by atoms with van der Waals surface area (Å²) in [6.45, 7) is 5.58. The van der Waals surface area contributed by atoms with E-state index in [1.165, 1.54) is 12.1 Å². The highest BCUT2D eigenvalue weighted by Crippen LogP contribution is 2.27. The summed E-state index contributed by atoms with van der Waals surface area (Å²) < 4.78 is 22.7. The normalized spacial score (nSPS) is 11.4. The monoisotopic (exact) mass is 303 g/mol. The number of anilines is 1. The molecule has 1 amide bonds. The van der Waals surface area contributed by atoms with E-state index in [0.717, 1.165) is 12.0 Å². The van der Waals surface area contributed by atoms with Crippen LogP contribution in [0.5, 0.6) is 0 Å². The van der Waals surface area contributed by atoms with Crippen LogP contribution in [0.3, 0.4) is 0 Å². The van der Waals surface area contributed by atoms with E-state index < -0.39 is 9.05 Å². The molecule has 19 heavy (non-hydrogen) atoms. The second-order valence-electron chi connectivity index (χ2n) is 4.36. The van der Waals surface area contributed by atoms with Gasteiger partial charge in [-0.2, -0.15) is 0 Å². The van der Waals surface area contributed by atoms with E-state index in [2.05, 4.69) is 5.32 Å². The predicted octanol–water partition coefficient (Wildman–Crippen LogP) is 3.22. The molecule has 0 saturated heterocycles. The lowest BCUT2D eigenvalue weighted by Gasteiger charge is -2.14. The van der Waals surface area contributed by atoms with Gasteiger partial charge in [0.2, 0.25) is 5.91 Å². The number of benzene rings is 1. The number of hydrogen-bond donors (Lipinski definition) is 1. The molecule has 6 heteroatoms. The van der Waals surface area contributed by atoms with Crippen LogP contribution in [0.15, 0.2) is 17.0 Å². The van der Waals surface area contributed by atoms with Gasteiger partial charge < -0.3 is 5.32 Å². The summed E-state index contributed by atoms with van der Waals surface area (Å²) in [5.74, 6) is -0.0678. The summed E-state index contributed by atoms with van der Waals surface area (Å²) >= 11 is 0. The molecule has 0 aliphatic rings. The second-order valence-corrected chi connectivity index (χ2v) is 6.93. The standard InChI is InChI=1S/C13H18ClNO3S/c1-4-6-12(16)15-13-9(3)7-11(19(14,17)18)8-10(13)5-2/h7-8H,4-6H2,1-3H3,(H,15,16). The van der Waals surface area contributed by atoms with Gasteiger partial charge in [-0.3, -0.25) is 4.79 Å². The van der Waals surface area contributed by atoms with Crippen LogP contribution in [-0.4, -0.2) is 14.3 Å². The number of carbonyl (C=O) groups is 1. The molecule has 1 N–H and O–H groups in total. The van der Waals surface area contributed by atoms with Gasteiger partial charge in [-0.1, -0.05) is 13.8 Å². The third-order valence-corrected chi connectivity index (χ3v) is 4.13. The third kappa shape index (κ3) is 4.21. The number of rotatable bonds is 5. The van der Waals surface area contributed by atoms with Crippen LogP contribution in [0.4, 0.5) is 5.69 Å². The first-order valence-corrected chi connectivity index (χ1v) is 8.48. The first-order valence-electron chi connectivity index (χ1n) is 6.17. The summed E-state index contributed by atoms with van der Waals surface area (Å²) in [5, 5.41) is 2.83. The van der Waals surface area contributed by atoms with E-state index in [9.17, 15) is 13.2 Å². The molecule has 0 unspecified atom stereocenters. The van der Waals surface area contributed by atoms with Crippen LogP contribution >= 0.6 is 10.7 Å². The van der Waals surface area contributed by atoms with Gasteiger partial charge >= 0.3 is 0 Å². The molecule has 0 fully saturated rings. The summed E-state index contributed by atoms with van der Waals surface area (Å²) in [4.78, 5) is 11.7. The van der Waals surface area contributed by atoms with Crippen molar-refractivity contribution in [2.45, 2.75) is 44.9 Å². The summed E-state index contributed by atoms with van der Waals surface area (Å²) in [5.41, 5.74) is 2.15. The Bertz CT molecular complexity index is 582. The molecule has 106 valence electrons. The van der Waals surface area contributed by atoms with Crippen molar-refractivity contribution >= 4 is 31.3 Å². The van der Waals surface area contributed by atoms with Gasteiger partial charge in [0.1, 0.15) is 0 Å². The summed E-state index contributed by atoms with van der Waals surface area (Å²) in [7, 11) is 1.60. The molecule has 0 saturated carbocycles. The van der Waals surface area contributed by atoms with Crippen molar-refractivity contribution in [3.63, 3.8) is 0 Å². The summed E-state index contributed by atoms with van der Waals surface area (Å²) in [6, 6.07) is 2.99. The van der Waals surface area contributed by atoms with E-state index in [-0.39, 0.29) is 10.8 Å². The highest BCUT2D eigenvalue weighted by Gasteiger charge is 2.16. The molecule has 0 bridgehead atoms. The SMILES string of the molecule is CCCC(=O)Nc1c(C)cc(S(=O)(=O)Cl)cc1CC. The molecule has 4 nitrogen and oxygen atoms in total. The maximum absolute atomic E-state index is 11.7. The van der Waals surface area contributed by atoms with Gasteiger partial charge in [0.15, 0.2) is 0 Å². The molecule has 1 aromatic rings. The van der Waals surface area contributed by atoms with Crippen molar-refractivity contribution in [1.82, 2.24) is 0 Å². The molecule has 0 heterocycles. The Balaban J connectivity index is 3.23. The first kappa shape index (κ1) is 16.0. The molecule has 0 aliphatic heterocycles. The fourth-order valence-corrected chi connectivity index (χ4v) is 2.72. The number of amides is 1. The molecular formula is C13H18ClNO3S. The molecule has 0 atom stereocenters. The van der Waals surface area contributed by atoms with E-state index in [0.29, 0.717) is 24.1 Å². The molecular weight excluding hydrogens is 286 g/mol. The zero-order valence-electron chi connectivity index (χ0n) is 11.3. The van der Waals surface area contributed by atoms with Crippen LogP contribution in [0.1, 0.15) is 37.8 Å². The molecule has 0 spiro atoms. The summed E-state index contributed by atoms with van der Waals surface area (Å²) in [6.07, 6.45) is 1.82. The maximum Gasteiger partial charge on any atom is 0.261 e. The van der Waals surface area contributed by atoms with Gasteiger partial charge in [-0.15, -0.1) is 0 Å². The van der Waals surface area contributed by atoms with Crippen LogP contribution in [-0.2, 0) is 20.3 Å². The van der Waals surface area contributed by atoms with Crippen molar-refractivity contribution < 1.29 is 13.2 Å². The Hall–Kier alpha value is -1.07. The van der Waals surface area contributed by atoms with Crippen molar-refractivity contribution in [2.24, 2.45) is 0 Å². The minimum absolute atomic E-state index is 0.0667. The van der Waals surface area contributed by atoms with Gasteiger partial charge in [0.25, 0.3) is 9.05 Å². The molecule has 1 rings (SSSR count). The lowest BCUT2D eigenvalue weighted by molar-refractivity contribution is -0.116. The van der Waals surface area contributed by atoms with E-state index in [1.54, 1.807) is 6.92 Å². The topological polar surface area (TPSA) is 63.2 Å². The molecule has 0 aliphatic carbocycles. The van der Waals surface area contributed by atoms with Gasteiger partial charge in [-0.25, -0.2) is 8.42 Å². The zero-order chi connectivity index (χ0) is 14.6. The van der Waals surface area contributed by atoms with Gasteiger partial charge in [0.05, 0.1) is 4.90 Å². The lowest BCUT2D eigenvalue weighted by atomic mass is 10.1. The zero-order valence-corrected chi connectivity index (χ0v) is 12.9. The Labute approximate surface area is 118 Å². The number of hydrogen-bond acceptors (Lipinski definition) is 3. The fraction of sp³-hybridized carbons (Fsp3) is 0.462. The Morgan fingerprint density at radius 2 is 1.95 bits per heavy atom. The Morgan fingerprint density at radius 1 is 1.32 bits per heavy atom. The average Bonchev–Trinajstić information content (AvgIpc) is 2.30. The largest absolute Gasteiger partial charge is 0.326 e. The quantitative estimate of drug-likeness (QED) is 0.849.